The summed E-state index contributed by atoms with van der Waals surface area (Å²) < 4.78 is 11.0. The highest BCUT2D eigenvalue weighted by Gasteiger charge is 2.31. The molecule has 3 heterocycles. The second-order valence-corrected chi connectivity index (χ2v) is 6.34. The molecule has 5 nitrogen and oxygen atoms in total. The second-order valence-electron chi connectivity index (χ2n) is 5.56. The van der Waals surface area contributed by atoms with Crippen LogP contribution >= 0.6 is 11.3 Å². The van der Waals surface area contributed by atoms with Gasteiger partial charge in [-0.3, -0.25) is 9.69 Å². The van der Waals surface area contributed by atoms with Gasteiger partial charge in [0.05, 0.1) is 19.8 Å². The van der Waals surface area contributed by atoms with E-state index < -0.39 is 0 Å². The number of hydrogen-bond acceptors (Lipinski definition) is 5. The van der Waals surface area contributed by atoms with E-state index >= 15 is 0 Å². The Morgan fingerprint density at radius 1 is 1.38 bits per heavy atom. The van der Waals surface area contributed by atoms with E-state index in [2.05, 4.69) is 10.2 Å². The smallest absolute Gasteiger partial charge is 0.252 e. The third kappa shape index (κ3) is 3.83. The molecule has 6 heteroatoms. The highest BCUT2D eigenvalue weighted by Crippen LogP contribution is 2.22. The maximum atomic E-state index is 12.1. The van der Waals surface area contributed by atoms with Crippen molar-refractivity contribution in [1.29, 1.82) is 0 Å². The summed E-state index contributed by atoms with van der Waals surface area (Å²) in [6.07, 6.45) is 1.08. The SMILES string of the molecule is O=C(NC[C@@H]([C@H]1CCOC1)N1CCOCC1)c1ccsc1. The zero-order chi connectivity index (χ0) is 14.5. The summed E-state index contributed by atoms with van der Waals surface area (Å²) in [6, 6.07) is 2.21. The van der Waals surface area contributed by atoms with Crippen molar-refractivity contribution >= 4 is 17.2 Å². The number of nitrogens with one attached hydrogen (secondary N) is 1. The van der Waals surface area contributed by atoms with Crippen LogP contribution in [0.15, 0.2) is 16.8 Å². The molecule has 2 atom stereocenters. The highest BCUT2D eigenvalue weighted by molar-refractivity contribution is 7.08. The van der Waals surface area contributed by atoms with Crippen LogP contribution in [0.25, 0.3) is 0 Å². The maximum absolute atomic E-state index is 12.1. The van der Waals surface area contributed by atoms with Crippen LogP contribution in [0, 0.1) is 5.92 Å². The van der Waals surface area contributed by atoms with Gasteiger partial charge >= 0.3 is 0 Å². The van der Waals surface area contributed by atoms with Crippen LogP contribution in [0.1, 0.15) is 16.8 Å². The fraction of sp³-hybridized carbons (Fsp3) is 0.667. The van der Waals surface area contributed by atoms with Crippen molar-refractivity contribution in [2.75, 3.05) is 46.1 Å². The van der Waals surface area contributed by atoms with Crippen molar-refractivity contribution in [3.8, 4) is 0 Å². The molecular formula is C15H22N2O3S. The molecule has 1 aromatic heterocycles. The molecule has 0 bridgehead atoms. The minimum Gasteiger partial charge on any atom is -0.381 e. The van der Waals surface area contributed by atoms with Crippen LogP contribution in [0.4, 0.5) is 0 Å². The van der Waals surface area contributed by atoms with Gasteiger partial charge in [0.15, 0.2) is 0 Å². The number of thiophene rings is 1. The predicted molar refractivity (Wildman–Crippen MR) is 81.8 cm³/mol. The van der Waals surface area contributed by atoms with E-state index in [1.165, 1.54) is 0 Å². The standard InChI is InChI=1S/C15H22N2O3S/c18-15(13-2-8-21-11-13)16-9-14(12-1-5-20-10-12)17-3-6-19-7-4-17/h2,8,11-12,14H,1,3-7,9-10H2,(H,16,18)/t12-,14-/m0/s1. The fourth-order valence-corrected chi connectivity index (χ4v) is 3.69. The molecule has 1 N–H and O–H groups in total. The molecule has 2 aliphatic heterocycles. The quantitative estimate of drug-likeness (QED) is 0.888. The first-order valence-corrected chi connectivity index (χ1v) is 8.49. The van der Waals surface area contributed by atoms with Gasteiger partial charge in [0, 0.05) is 49.1 Å². The van der Waals surface area contributed by atoms with E-state index in [1.807, 2.05) is 16.8 Å². The fourth-order valence-electron chi connectivity index (χ4n) is 3.05. The molecule has 0 radical (unpaired) electrons. The van der Waals surface area contributed by atoms with Crippen LogP contribution in [0.5, 0.6) is 0 Å². The first-order chi connectivity index (χ1) is 10.3. The average Bonchev–Trinajstić information content (AvgIpc) is 3.22. The lowest BCUT2D eigenvalue weighted by molar-refractivity contribution is 0.00166. The molecule has 1 aromatic rings. The molecule has 0 saturated carbocycles. The van der Waals surface area contributed by atoms with E-state index in [0.717, 1.165) is 51.5 Å². The van der Waals surface area contributed by atoms with E-state index in [-0.39, 0.29) is 5.91 Å². The summed E-state index contributed by atoms with van der Waals surface area (Å²) in [6.45, 7) is 5.76. The number of nitrogens with zero attached hydrogens (tertiary/aromatic N) is 1. The lowest BCUT2D eigenvalue weighted by Crippen LogP contribution is -2.52. The van der Waals surface area contributed by atoms with Crippen molar-refractivity contribution in [2.45, 2.75) is 12.5 Å². The van der Waals surface area contributed by atoms with Gasteiger partial charge in [0.25, 0.3) is 5.91 Å². The number of carbonyl (C=O) groups excluding carboxylic acids is 1. The Kier molecular flexibility index (Phi) is 5.24. The topological polar surface area (TPSA) is 50.8 Å². The van der Waals surface area contributed by atoms with Gasteiger partial charge in [0.1, 0.15) is 0 Å². The molecule has 0 unspecified atom stereocenters. The van der Waals surface area contributed by atoms with Crippen LogP contribution in [0.2, 0.25) is 0 Å². The largest absolute Gasteiger partial charge is 0.381 e. The Hall–Kier alpha value is -0.950. The van der Waals surface area contributed by atoms with Gasteiger partial charge in [-0.05, 0) is 17.9 Å². The van der Waals surface area contributed by atoms with E-state index in [0.29, 0.717) is 18.5 Å². The van der Waals surface area contributed by atoms with Crippen LogP contribution in [0.3, 0.4) is 0 Å². The Labute approximate surface area is 129 Å². The lowest BCUT2D eigenvalue weighted by atomic mass is 9.96. The Bertz CT molecular complexity index is 440. The lowest BCUT2D eigenvalue weighted by Gasteiger charge is -2.37. The van der Waals surface area contributed by atoms with Crippen LogP contribution in [-0.4, -0.2) is 62.9 Å². The van der Waals surface area contributed by atoms with Gasteiger partial charge in [-0.1, -0.05) is 0 Å². The van der Waals surface area contributed by atoms with Crippen molar-refractivity contribution in [1.82, 2.24) is 10.2 Å². The van der Waals surface area contributed by atoms with E-state index in [9.17, 15) is 4.79 Å². The van der Waals surface area contributed by atoms with Crippen molar-refractivity contribution in [3.63, 3.8) is 0 Å². The second kappa shape index (κ2) is 7.35. The molecule has 0 aliphatic carbocycles. The monoisotopic (exact) mass is 310 g/mol. The highest BCUT2D eigenvalue weighted by atomic mass is 32.1. The third-order valence-corrected chi connectivity index (χ3v) is 4.96. The number of ether oxygens (including phenoxy) is 2. The van der Waals surface area contributed by atoms with Crippen molar-refractivity contribution in [2.24, 2.45) is 5.92 Å². The molecule has 1 amide bonds. The molecule has 116 valence electrons. The molecule has 21 heavy (non-hydrogen) atoms. The molecule has 0 aromatic carbocycles. The number of hydrogen-bond donors (Lipinski definition) is 1. The van der Waals surface area contributed by atoms with Crippen molar-refractivity contribution in [3.05, 3.63) is 22.4 Å². The van der Waals surface area contributed by atoms with E-state index in [1.54, 1.807) is 11.3 Å². The molecule has 2 aliphatic rings. The summed E-state index contributed by atoms with van der Waals surface area (Å²) >= 11 is 1.55. The zero-order valence-corrected chi connectivity index (χ0v) is 12.9. The molecular weight excluding hydrogens is 288 g/mol. The molecule has 2 fully saturated rings. The Morgan fingerprint density at radius 3 is 2.90 bits per heavy atom. The van der Waals surface area contributed by atoms with E-state index in [4.69, 9.17) is 9.47 Å². The third-order valence-electron chi connectivity index (χ3n) is 4.28. The number of rotatable bonds is 5. The average molecular weight is 310 g/mol. The Morgan fingerprint density at radius 2 is 2.24 bits per heavy atom. The van der Waals surface area contributed by atoms with Gasteiger partial charge in [-0.25, -0.2) is 0 Å². The number of carbonyl (C=O) groups is 1. The van der Waals surface area contributed by atoms with Crippen molar-refractivity contribution < 1.29 is 14.3 Å². The normalized spacial score (nSPS) is 24.9. The summed E-state index contributed by atoms with van der Waals surface area (Å²) in [5.41, 5.74) is 0.753. The van der Waals surface area contributed by atoms with Gasteiger partial charge in [-0.15, -0.1) is 0 Å². The minimum atomic E-state index is 0.0217. The number of morpholine rings is 1. The van der Waals surface area contributed by atoms with Crippen LogP contribution in [-0.2, 0) is 9.47 Å². The summed E-state index contributed by atoms with van der Waals surface area (Å²) in [5.74, 6) is 0.527. The first kappa shape index (κ1) is 15.0. The zero-order valence-electron chi connectivity index (χ0n) is 12.1. The predicted octanol–water partition coefficient (Wildman–Crippen LogP) is 1.22. The summed E-state index contributed by atoms with van der Waals surface area (Å²) in [5, 5.41) is 6.91. The molecule has 3 rings (SSSR count). The molecule has 2 saturated heterocycles. The molecule has 0 spiro atoms. The van der Waals surface area contributed by atoms with Gasteiger partial charge < -0.3 is 14.8 Å². The maximum Gasteiger partial charge on any atom is 0.252 e. The minimum absolute atomic E-state index is 0.0217. The first-order valence-electron chi connectivity index (χ1n) is 7.54. The van der Waals surface area contributed by atoms with Gasteiger partial charge in [-0.2, -0.15) is 11.3 Å². The van der Waals surface area contributed by atoms with Gasteiger partial charge in [0.2, 0.25) is 0 Å². The number of amides is 1. The Balaban J connectivity index is 1.59. The van der Waals surface area contributed by atoms with Crippen LogP contribution < -0.4 is 5.32 Å². The summed E-state index contributed by atoms with van der Waals surface area (Å²) in [7, 11) is 0. The summed E-state index contributed by atoms with van der Waals surface area (Å²) in [4.78, 5) is 14.6.